The van der Waals surface area contributed by atoms with E-state index in [0.29, 0.717) is 16.5 Å². The van der Waals surface area contributed by atoms with Gasteiger partial charge < -0.3 is 24.7 Å². The van der Waals surface area contributed by atoms with Gasteiger partial charge >= 0.3 is 0 Å². The first kappa shape index (κ1) is 16.6. The molecule has 0 atom stereocenters. The topological polar surface area (TPSA) is 87.7 Å². The third kappa shape index (κ3) is 4.62. The molecule has 1 amide bonds. The molecule has 6 nitrogen and oxygen atoms in total. The van der Waals surface area contributed by atoms with Crippen molar-refractivity contribution in [2.45, 2.75) is 0 Å². The van der Waals surface area contributed by atoms with E-state index < -0.39 is 11.9 Å². The van der Waals surface area contributed by atoms with E-state index in [1.807, 2.05) is 0 Å². The quantitative estimate of drug-likeness (QED) is 0.869. The Balaban J connectivity index is 2.02. The predicted molar refractivity (Wildman–Crippen MR) is 82.9 cm³/mol. The second-order valence-corrected chi connectivity index (χ2v) is 4.93. The van der Waals surface area contributed by atoms with Gasteiger partial charge in [0, 0.05) is 16.7 Å². The normalized spacial score (nSPS) is 10.0. The van der Waals surface area contributed by atoms with Crippen LogP contribution in [0.5, 0.6) is 11.5 Å². The number of methoxy groups -OCH3 is 1. The van der Waals surface area contributed by atoms with E-state index >= 15 is 0 Å². The van der Waals surface area contributed by atoms with Crippen molar-refractivity contribution in [3.8, 4) is 11.5 Å². The summed E-state index contributed by atoms with van der Waals surface area (Å²) in [5.41, 5.74) is -0.110. The molecule has 0 spiro atoms. The first-order chi connectivity index (χ1) is 11.0. The third-order valence-electron chi connectivity index (χ3n) is 2.89. The number of aromatic carboxylic acids is 1. The average Bonchev–Trinajstić information content (AvgIpc) is 2.53. The summed E-state index contributed by atoms with van der Waals surface area (Å²) >= 11 is 5.80. The van der Waals surface area contributed by atoms with E-state index in [0.717, 1.165) is 0 Å². The molecule has 0 aromatic heterocycles. The molecule has 0 aliphatic heterocycles. The van der Waals surface area contributed by atoms with E-state index in [1.165, 1.54) is 25.3 Å². The van der Waals surface area contributed by atoms with Gasteiger partial charge in [0.1, 0.15) is 11.5 Å². The van der Waals surface area contributed by atoms with Crippen LogP contribution in [0.3, 0.4) is 0 Å². The second-order valence-electron chi connectivity index (χ2n) is 4.49. The number of nitrogens with one attached hydrogen (secondary N) is 1. The number of carbonyl (C=O) groups excluding carboxylic acids is 2. The Morgan fingerprint density at radius 2 is 1.91 bits per heavy atom. The van der Waals surface area contributed by atoms with E-state index in [4.69, 9.17) is 21.1 Å². The fourth-order valence-electron chi connectivity index (χ4n) is 1.82. The number of rotatable bonds is 6. The van der Waals surface area contributed by atoms with Crippen molar-refractivity contribution in [3.63, 3.8) is 0 Å². The maximum atomic E-state index is 11.9. The molecule has 0 saturated heterocycles. The lowest BCUT2D eigenvalue weighted by Gasteiger charge is -2.13. The van der Waals surface area contributed by atoms with Crippen molar-refractivity contribution in [2.75, 3.05) is 19.0 Å². The van der Waals surface area contributed by atoms with Gasteiger partial charge in [-0.05, 0) is 30.3 Å². The van der Waals surface area contributed by atoms with Crippen LogP contribution in [0, 0.1) is 0 Å². The molecule has 0 fully saturated rings. The van der Waals surface area contributed by atoms with Gasteiger partial charge in [0.15, 0.2) is 6.61 Å². The van der Waals surface area contributed by atoms with Crippen molar-refractivity contribution in [1.82, 2.24) is 0 Å². The van der Waals surface area contributed by atoms with Crippen molar-refractivity contribution in [1.29, 1.82) is 0 Å². The highest BCUT2D eigenvalue weighted by Crippen LogP contribution is 2.21. The standard InChI is InChI=1S/C16H14ClNO5/c1-22-11-3-2-4-12(8-11)23-9-15(19)18-14-7-10(17)5-6-13(14)16(20)21/h2-8H,9H2,1H3,(H,18,19)(H,20,21)/p-1. The summed E-state index contributed by atoms with van der Waals surface area (Å²) in [4.78, 5) is 22.9. The number of carbonyl (C=O) groups is 2. The van der Waals surface area contributed by atoms with Crippen LogP contribution < -0.4 is 19.9 Å². The van der Waals surface area contributed by atoms with Crippen molar-refractivity contribution in [2.24, 2.45) is 0 Å². The number of ether oxygens (including phenoxy) is 2. The number of carboxylic acids is 1. The van der Waals surface area contributed by atoms with Gasteiger partial charge in [-0.1, -0.05) is 17.7 Å². The van der Waals surface area contributed by atoms with Crippen LogP contribution in [0.25, 0.3) is 0 Å². The van der Waals surface area contributed by atoms with E-state index in [9.17, 15) is 14.7 Å². The number of amides is 1. The Bertz CT molecular complexity index is 732. The van der Waals surface area contributed by atoms with E-state index in [1.54, 1.807) is 24.3 Å². The summed E-state index contributed by atoms with van der Waals surface area (Å²) in [5, 5.41) is 13.7. The number of hydrogen-bond acceptors (Lipinski definition) is 5. The first-order valence-electron chi connectivity index (χ1n) is 6.57. The van der Waals surface area contributed by atoms with Gasteiger partial charge in [-0.15, -0.1) is 0 Å². The van der Waals surface area contributed by atoms with Crippen LogP contribution in [0.4, 0.5) is 5.69 Å². The second kappa shape index (κ2) is 7.51. The monoisotopic (exact) mass is 334 g/mol. The van der Waals surface area contributed by atoms with Gasteiger partial charge in [0.2, 0.25) is 0 Å². The Kier molecular flexibility index (Phi) is 5.43. The van der Waals surface area contributed by atoms with Crippen molar-refractivity contribution < 1.29 is 24.2 Å². The minimum Gasteiger partial charge on any atom is -0.545 e. The fourth-order valence-corrected chi connectivity index (χ4v) is 2.00. The van der Waals surface area contributed by atoms with Crippen LogP contribution in [0.15, 0.2) is 42.5 Å². The lowest BCUT2D eigenvalue weighted by Crippen LogP contribution is -2.26. The van der Waals surface area contributed by atoms with Crippen LogP contribution in [-0.2, 0) is 4.79 Å². The molecule has 23 heavy (non-hydrogen) atoms. The molecule has 1 N–H and O–H groups in total. The number of halogens is 1. The van der Waals surface area contributed by atoms with Gasteiger partial charge in [-0.2, -0.15) is 0 Å². The Morgan fingerprint density at radius 1 is 1.17 bits per heavy atom. The van der Waals surface area contributed by atoms with E-state index in [2.05, 4.69) is 5.32 Å². The number of anilines is 1. The Morgan fingerprint density at radius 3 is 2.61 bits per heavy atom. The van der Waals surface area contributed by atoms with Gasteiger partial charge in [-0.25, -0.2) is 0 Å². The summed E-state index contributed by atoms with van der Waals surface area (Å²) in [7, 11) is 1.52. The predicted octanol–water partition coefficient (Wildman–Crippen LogP) is 1.73. The van der Waals surface area contributed by atoms with Crippen molar-refractivity contribution >= 4 is 29.2 Å². The van der Waals surface area contributed by atoms with Crippen LogP contribution in [0.1, 0.15) is 10.4 Å². The summed E-state index contributed by atoms with van der Waals surface area (Å²) in [6, 6.07) is 10.7. The zero-order chi connectivity index (χ0) is 16.8. The Hall–Kier alpha value is -2.73. The first-order valence-corrected chi connectivity index (χ1v) is 6.95. The molecule has 0 saturated carbocycles. The molecule has 2 rings (SSSR count). The molecule has 2 aromatic carbocycles. The number of carboxylic acid groups (broad SMARTS) is 1. The van der Waals surface area contributed by atoms with Gasteiger partial charge in [-0.3, -0.25) is 4.79 Å². The highest BCUT2D eigenvalue weighted by molar-refractivity contribution is 6.31. The third-order valence-corrected chi connectivity index (χ3v) is 3.12. The van der Waals surface area contributed by atoms with Crippen LogP contribution in [0.2, 0.25) is 5.02 Å². The van der Waals surface area contributed by atoms with Gasteiger partial charge in [0.05, 0.1) is 18.8 Å². The smallest absolute Gasteiger partial charge is 0.262 e. The van der Waals surface area contributed by atoms with Crippen LogP contribution in [-0.4, -0.2) is 25.6 Å². The molecule has 0 radical (unpaired) electrons. The fraction of sp³-hybridized carbons (Fsp3) is 0.125. The zero-order valence-corrected chi connectivity index (χ0v) is 12.9. The molecule has 120 valence electrons. The van der Waals surface area contributed by atoms with Gasteiger partial charge in [0.25, 0.3) is 5.91 Å². The molecule has 0 bridgehead atoms. The number of benzene rings is 2. The highest BCUT2D eigenvalue weighted by Gasteiger charge is 2.09. The molecule has 0 aliphatic rings. The van der Waals surface area contributed by atoms with Crippen LogP contribution >= 0.6 is 11.6 Å². The largest absolute Gasteiger partial charge is 0.545 e. The molecule has 2 aromatic rings. The lowest BCUT2D eigenvalue weighted by molar-refractivity contribution is -0.254. The van der Waals surface area contributed by atoms with Crippen molar-refractivity contribution in [3.05, 3.63) is 53.1 Å². The number of hydrogen-bond donors (Lipinski definition) is 1. The summed E-state index contributed by atoms with van der Waals surface area (Å²) < 4.78 is 10.4. The molecule has 0 aliphatic carbocycles. The average molecular weight is 335 g/mol. The molecule has 0 heterocycles. The summed E-state index contributed by atoms with van der Waals surface area (Å²) in [6.45, 7) is -0.299. The van der Waals surface area contributed by atoms with E-state index in [-0.39, 0.29) is 17.9 Å². The highest BCUT2D eigenvalue weighted by atomic mass is 35.5. The minimum absolute atomic E-state index is 0.0525. The molecular formula is C16H13ClNO5-. The SMILES string of the molecule is COc1cccc(OCC(=O)Nc2cc(Cl)ccc2C(=O)[O-])c1. The lowest BCUT2D eigenvalue weighted by atomic mass is 10.2. The maximum absolute atomic E-state index is 11.9. The maximum Gasteiger partial charge on any atom is 0.262 e. The molecule has 0 unspecified atom stereocenters. The molecular weight excluding hydrogens is 322 g/mol. The summed E-state index contributed by atoms with van der Waals surface area (Å²) in [6.07, 6.45) is 0. The summed E-state index contributed by atoms with van der Waals surface area (Å²) in [5.74, 6) is -0.897. The zero-order valence-electron chi connectivity index (χ0n) is 12.2. The minimum atomic E-state index is -1.41. The Labute approximate surface area is 137 Å². The molecule has 7 heteroatoms.